The van der Waals surface area contributed by atoms with Crippen molar-refractivity contribution in [2.24, 2.45) is 5.92 Å². The Kier molecular flexibility index (Phi) is 7.59. The normalized spacial score (nSPS) is 18.3. The number of hydrogen-bond donors (Lipinski definition) is 2. The highest BCUT2D eigenvalue weighted by atomic mass is 16.1. The van der Waals surface area contributed by atoms with Crippen molar-refractivity contribution in [1.82, 2.24) is 20.4 Å². The molecule has 1 saturated heterocycles. The quantitative estimate of drug-likeness (QED) is 0.687. The summed E-state index contributed by atoms with van der Waals surface area (Å²) in [4.78, 5) is 12.1. The average Bonchev–Trinajstić information content (AvgIpc) is 3.04. The summed E-state index contributed by atoms with van der Waals surface area (Å²) in [7, 11) is 0. The van der Waals surface area contributed by atoms with E-state index in [4.69, 9.17) is 0 Å². The van der Waals surface area contributed by atoms with Gasteiger partial charge in [0.25, 0.3) is 5.91 Å². The first kappa shape index (κ1) is 18.0. The number of rotatable bonds is 9. The Bertz CT molecular complexity index is 463. The van der Waals surface area contributed by atoms with Crippen LogP contribution in [0.1, 0.15) is 75.3 Å². The van der Waals surface area contributed by atoms with E-state index in [2.05, 4.69) is 29.6 Å². The van der Waals surface area contributed by atoms with Gasteiger partial charge in [-0.1, -0.05) is 39.5 Å². The molecule has 1 aromatic rings. The molecule has 0 radical (unpaired) electrons. The molecule has 1 aromatic heterocycles. The Morgan fingerprint density at radius 2 is 2.22 bits per heavy atom. The first-order chi connectivity index (χ1) is 11.2. The zero-order chi connectivity index (χ0) is 16.5. The van der Waals surface area contributed by atoms with Crippen LogP contribution >= 0.6 is 0 Å². The molecule has 1 amide bonds. The predicted octanol–water partition coefficient (Wildman–Crippen LogP) is 3.14. The lowest BCUT2D eigenvalue weighted by atomic mass is 10.0. The van der Waals surface area contributed by atoms with Crippen LogP contribution in [0.5, 0.6) is 0 Å². The monoisotopic (exact) mass is 320 g/mol. The molecule has 0 aliphatic carbocycles. The number of nitrogens with zero attached hydrogens (tertiary/aromatic N) is 2. The van der Waals surface area contributed by atoms with Crippen LogP contribution in [0.25, 0.3) is 0 Å². The molecule has 23 heavy (non-hydrogen) atoms. The maximum absolute atomic E-state index is 12.1. The van der Waals surface area contributed by atoms with E-state index in [1.54, 1.807) is 0 Å². The Morgan fingerprint density at radius 1 is 1.39 bits per heavy atom. The van der Waals surface area contributed by atoms with E-state index in [9.17, 15) is 4.79 Å². The van der Waals surface area contributed by atoms with Crippen molar-refractivity contribution in [2.45, 2.75) is 64.8 Å². The fourth-order valence-electron chi connectivity index (χ4n) is 3.05. The minimum atomic E-state index is -0.0466. The first-order valence-electron chi connectivity index (χ1n) is 9.21. The molecule has 5 nitrogen and oxygen atoms in total. The van der Waals surface area contributed by atoms with Gasteiger partial charge in [-0.3, -0.25) is 9.48 Å². The minimum absolute atomic E-state index is 0.0466. The molecule has 0 aromatic carbocycles. The highest BCUT2D eigenvalue weighted by molar-refractivity contribution is 5.92. The molecule has 5 heteroatoms. The van der Waals surface area contributed by atoms with Crippen LogP contribution < -0.4 is 10.6 Å². The molecule has 2 rings (SSSR count). The summed E-state index contributed by atoms with van der Waals surface area (Å²) in [6, 6.07) is 2.21. The van der Waals surface area contributed by atoms with Crippen LogP contribution in [0.2, 0.25) is 0 Å². The van der Waals surface area contributed by atoms with E-state index >= 15 is 0 Å². The molecule has 0 spiro atoms. The van der Waals surface area contributed by atoms with Crippen molar-refractivity contribution < 1.29 is 4.79 Å². The standard InChI is InChI=1S/C18H32N4O/c1-15(2)8-5-3-4-6-12-20-18(23)17-10-13-22(21-17)16-9-7-11-19-14-16/h10,13,15-16,19H,3-9,11-12,14H2,1-2H3,(H,20,23). The van der Waals surface area contributed by atoms with Crippen molar-refractivity contribution >= 4 is 5.91 Å². The second kappa shape index (κ2) is 9.71. The van der Waals surface area contributed by atoms with Gasteiger partial charge >= 0.3 is 0 Å². The number of carbonyl (C=O) groups excluding carboxylic acids is 1. The van der Waals surface area contributed by atoms with Crippen molar-refractivity contribution in [3.8, 4) is 0 Å². The lowest BCUT2D eigenvalue weighted by molar-refractivity contribution is 0.0946. The molecular weight excluding hydrogens is 288 g/mol. The highest BCUT2D eigenvalue weighted by Gasteiger charge is 2.17. The molecule has 1 fully saturated rings. The van der Waals surface area contributed by atoms with Gasteiger partial charge in [-0.25, -0.2) is 0 Å². The summed E-state index contributed by atoms with van der Waals surface area (Å²) in [5.74, 6) is 0.749. The number of carbonyl (C=O) groups is 1. The summed E-state index contributed by atoms with van der Waals surface area (Å²) in [5, 5.41) is 10.8. The summed E-state index contributed by atoms with van der Waals surface area (Å²) in [6.07, 6.45) is 10.3. The van der Waals surface area contributed by atoms with Crippen LogP contribution in [0.4, 0.5) is 0 Å². The zero-order valence-corrected chi connectivity index (χ0v) is 14.7. The Morgan fingerprint density at radius 3 is 2.96 bits per heavy atom. The SMILES string of the molecule is CC(C)CCCCCCNC(=O)c1ccn(C2CCCNC2)n1. The van der Waals surface area contributed by atoms with E-state index in [-0.39, 0.29) is 5.91 Å². The van der Waals surface area contributed by atoms with Gasteiger partial charge in [0, 0.05) is 19.3 Å². The smallest absolute Gasteiger partial charge is 0.271 e. The molecule has 130 valence electrons. The number of unbranched alkanes of at least 4 members (excludes halogenated alkanes) is 3. The van der Waals surface area contributed by atoms with Gasteiger partial charge in [-0.15, -0.1) is 0 Å². The van der Waals surface area contributed by atoms with Gasteiger partial charge in [0.15, 0.2) is 0 Å². The summed E-state index contributed by atoms with van der Waals surface area (Å²) < 4.78 is 1.94. The molecule has 1 atom stereocenters. The number of aromatic nitrogens is 2. The fourth-order valence-corrected chi connectivity index (χ4v) is 3.05. The maximum atomic E-state index is 12.1. The van der Waals surface area contributed by atoms with Crippen molar-refractivity contribution in [1.29, 1.82) is 0 Å². The number of hydrogen-bond acceptors (Lipinski definition) is 3. The largest absolute Gasteiger partial charge is 0.351 e. The maximum Gasteiger partial charge on any atom is 0.271 e. The van der Waals surface area contributed by atoms with Crippen LogP contribution in [-0.2, 0) is 0 Å². The molecular formula is C18H32N4O. The third-order valence-electron chi connectivity index (χ3n) is 4.48. The Balaban J connectivity index is 1.63. The van der Waals surface area contributed by atoms with Crippen LogP contribution in [0.3, 0.4) is 0 Å². The van der Waals surface area contributed by atoms with Gasteiger partial charge < -0.3 is 10.6 Å². The van der Waals surface area contributed by atoms with Crippen LogP contribution in [0, 0.1) is 5.92 Å². The highest BCUT2D eigenvalue weighted by Crippen LogP contribution is 2.15. The summed E-state index contributed by atoms with van der Waals surface area (Å²) >= 11 is 0. The molecule has 1 aliphatic heterocycles. The van der Waals surface area contributed by atoms with Crippen LogP contribution in [0.15, 0.2) is 12.3 Å². The summed E-state index contributed by atoms with van der Waals surface area (Å²) in [6.45, 7) is 7.31. The topological polar surface area (TPSA) is 59.0 Å². The van der Waals surface area contributed by atoms with E-state index in [0.717, 1.165) is 38.4 Å². The molecule has 2 heterocycles. The van der Waals surface area contributed by atoms with E-state index < -0.39 is 0 Å². The van der Waals surface area contributed by atoms with Crippen LogP contribution in [-0.4, -0.2) is 35.3 Å². The zero-order valence-electron chi connectivity index (χ0n) is 14.7. The average molecular weight is 320 g/mol. The van der Waals surface area contributed by atoms with Crippen molar-refractivity contribution in [2.75, 3.05) is 19.6 Å². The third-order valence-corrected chi connectivity index (χ3v) is 4.48. The number of nitrogens with one attached hydrogen (secondary N) is 2. The van der Waals surface area contributed by atoms with E-state index in [1.165, 1.54) is 32.1 Å². The van der Waals surface area contributed by atoms with E-state index in [0.29, 0.717) is 11.7 Å². The fraction of sp³-hybridized carbons (Fsp3) is 0.778. The van der Waals surface area contributed by atoms with Gasteiger partial charge in [0.1, 0.15) is 5.69 Å². The van der Waals surface area contributed by atoms with Gasteiger partial charge in [0.2, 0.25) is 0 Å². The predicted molar refractivity (Wildman–Crippen MR) is 93.6 cm³/mol. The van der Waals surface area contributed by atoms with E-state index in [1.807, 2.05) is 16.9 Å². The lowest BCUT2D eigenvalue weighted by Crippen LogP contribution is -2.32. The third kappa shape index (κ3) is 6.34. The number of piperidine rings is 1. The second-order valence-electron chi connectivity index (χ2n) is 7.03. The molecule has 1 aliphatic rings. The van der Waals surface area contributed by atoms with Gasteiger partial charge in [-0.05, 0) is 37.8 Å². The summed E-state index contributed by atoms with van der Waals surface area (Å²) in [5.41, 5.74) is 0.537. The second-order valence-corrected chi connectivity index (χ2v) is 7.03. The molecule has 1 unspecified atom stereocenters. The minimum Gasteiger partial charge on any atom is -0.351 e. The van der Waals surface area contributed by atoms with Crippen molar-refractivity contribution in [3.63, 3.8) is 0 Å². The molecule has 0 saturated carbocycles. The molecule has 0 bridgehead atoms. The Hall–Kier alpha value is -1.36. The van der Waals surface area contributed by atoms with Crippen molar-refractivity contribution in [3.05, 3.63) is 18.0 Å². The lowest BCUT2D eigenvalue weighted by Gasteiger charge is -2.22. The first-order valence-corrected chi connectivity index (χ1v) is 9.21. The number of amides is 1. The molecule has 2 N–H and O–H groups in total. The van der Waals surface area contributed by atoms with Gasteiger partial charge in [-0.2, -0.15) is 5.10 Å². The van der Waals surface area contributed by atoms with Gasteiger partial charge in [0.05, 0.1) is 6.04 Å². The Labute approximate surface area is 140 Å².